The van der Waals surface area contributed by atoms with Crippen molar-refractivity contribution in [1.82, 2.24) is 24.6 Å². The van der Waals surface area contributed by atoms with Gasteiger partial charge in [0.15, 0.2) is 0 Å². The first-order valence-corrected chi connectivity index (χ1v) is 24.3. The molecule has 71 heavy (non-hydrogen) atoms. The van der Waals surface area contributed by atoms with Crippen LogP contribution in [-0.2, 0) is 32.0 Å². The van der Waals surface area contributed by atoms with Crippen molar-refractivity contribution in [3.63, 3.8) is 0 Å². The number of nitrogens with zero attached hydrogens (tertiary/aromatic N) is 5. The lowest BCUT2D eigenvalue weighted by molar-refractivity contribution is -0.144. The fourth-order valence-electron chi connectivity index (χ4n) is 8.96. The summed E-state index contributed by atoms with van der Waals surface area (Å²) < 4.78 is 11.6. The van der Waals surface area contributed by atoms with Crippen molar-refractivity contribution in [2.75, 3.05) is 45.8 Å². The molecular formula is C58H65N5O8. The molecule has 2 aromatic heterocycles. The molecule has 0 bridgehead atoms. The van der Waals surface area contributed by atoms with E-state index in [2.05, 4.69) is 32.7 Å². The molecule has 0 spiro atoms. The Balaban J connectivity index is 0.000000191. The van der Waals surface area contributed by atoms with E-state index < -0.39 is 29.0 Å². The van der Waals surface area contributed by atoms with Crippen LogP contribution in [0.3, 0.4) is 0 Å². The minimum Gasteiger partial charge on any atom is -0.487 e. The fourth-order valence-corrected chi connectivity index (χ4v) is 8.96. The highest BCUT2D eigenvalue weighted by atomic mass is 16.5. The van der Waals surface area contributed by atoms with E-state index in [4.69, 9.17) is 9.15 Å². The maximum atomic E-state index is 13.3. The van der Waals surface area contributed by atoms with Gasteiger partial charge in [-0.25, -0.2) is 0 Å². The molecule has 13 nitrogen and oxygen atoms in total. The number of benzene rings is 3. The maximum Gasteiger partial charge on any atom is 0.295 e. The van der Waals surface area contributed by atoms with Gasteiger partial charge in [-0.2, -0.15) is 0 Å². The van der Waals surface area contributed by atoms with Crippen LogP contribution in [0.15, 0.2) is 120 Å². The number of piperazine rings is 2. The van der Waals surface area contributed by atoms with Crippen molar-refractivity contribution in [3.05, 3.63) is 155 Å². The van der Waals surface area contributed by atoms with Crippen molar-refractivity contribution >= 4 is 46.3 Å². The van der Waals surface area contributed by atoms with Gasteiger partial charge in [0.2, 0.25) is 0 Å². The number of carbonyl (C=O) groups is 6. The second-order valence-electron chi connectivity index (χ2n) is 20.8. The number of aromatic nitrogens is 1. The molecule has 13 heteroatoms. The third kappa shape index (κ3) is 12.3. The number of pyridine rings is 1. The molecular weight excluding hydrogens is 895 g/mol. The van der Waals surface area contributed by atoms with Gasteiger partial charge in [0.25, 0.3) is 35.2 Å². The Hall–Kier alpha value is -7.41. The molecule has 2 aliphatic carbocycles. The molecule has 0 unspecified atom stereocenters. The number of ether oxygens (including phenoxy) is 1. The lowest BCUT2D eigenvalue weighted by Gasteiger charge is -2.39. The normalized spacial score (nSPS) is 16.3. The number of aryl methyl sites for hydroxylation is 1. The second kappa shape index (κ2) is 21.7. The number of fused-ring (bicyclic) bond motifs is 2. The predicted octanol–water partition coefficient (Wildman–Crippen LogP) is 8.94. The van der Waals surface area contributed by atoms with Gasteiger partial charge in [0, 0.05) is 97.9 Å². The second-order valence-corrected chi connectivity index (χ2v) is 20.8. The topological polar surface area (TPSA) is 151 Å². The van der Waals surface area contributed by atoms with E-state index in [1.807, 2.05) is 101 Å². The lowest BCUT2D eigenvalue weighted by atomic mass is 9.92. The number of furan rings is 1. The highest BCUT2D eigenvalue weighted by molar-refractivity contribution is 6.54. The molecule has 2 saturated heterocycles. The van der Waals surface area contributed by atoms with E-state index in [9.17, 15) is 28.8 Å². The summed E-state index contributed by atoms with van der Waals surface area (Å²) in [4.78, 5) is 89.2. The number of ketones is 2. The van der Waals surface area contributed by atoms with Gasteiger partial charge >= 0.3 is 0 Å². The molecule has 0 N–H and O–H groups in total. The number of Topliss-reactive ketones (excluding diaryl/α,β-unsaturated/α-hetero) is 2. The maximum absolute atomic E-state index is 13.3. The number of rotatable bonds is 8. The largest absolute Gasteiger partial charge is 0.487 e. The third-order valence-electron chi connectivity index (χ3n) is 12.2. The third-order valence-corrected chi connectivity index (χ3v) is 12.2. The summed E-state index contributed by atoms with van der Waals surface area (Å²) in [6.07, 6.45) is 7.96. The predicted molar refractivity (Wildman–Crippen MR) is 274 cm³/mol. The van der Waals surface area contributed by atoms with Crippen LogP contribution in [-0.4, -0.2) is 117 Å². The zero-order valence-electron chi connectivity index (χ0n) is 42.4. The molecule has 4 heterocycles. The molecule has 3 aromatic carbocycles. The Labute approximate surface area is 417 Å². The summed E-state index contributed by atoms with van der Waals surface area (Å²) in [6, 6.07) is 27.3. The minimum atomic E-state index is -0.560. The number of amides is 4. The van der Waals surface area contributed by atoms with Gasteiger partial charge in [0.05, 0.1) is 12.0 Å². The van der Waals surface area contributed by atoms with Crippen molar-refractivity contribution in [2.45, 2.75) is 86.8 Å². The quantitative estimate of drug-likeness (QED) is 0.139. The number of carbonyl (C=O) groups excluding carboxylic acids is 6. The van der Waals surface area contributed by atoms with Gasteiger partial charge in [0.1, 0.15) is 17.1 Å². The zero-order valence-corrected chi connectivity index (χ0v) is 42.4. The molecule has 5 aromatic rings. The molecule has 2 fully saturated rings. The Morgan fingerprint density at radius 1 is 0.620 bits per heavy atom. The average molecular weight is 960 g/mol. The van der Waals surface area contributed by atoms with E-state index in [1.165, 1.54) is 0 Å². The summed E-state index contributed by atoms with van der Waals surface area (Å²) in [5, 5.41) is 0. The number of allylic oxidation sites excluding steroid dienone is 2. The first-order chi connectivity index (χ1) is 33.7. The zero-order chi connectivity index (χ0) is 51.2. The average Bonchev–Trinajstić information content (AvgIpc) is 4.15. The van der Waals surface area contributed by atoms with Gasteiger partial charge in [-0.3, -0.25) is 33.8 Å². The van der Waals surface area contributed by atoms with Crippen molar-refractivity contribution < 1.29 is 37.9 Å². The van der Waals surface area contributed by atoms with Crippen LogP contribution in [0.2, 0.25) is 0 Å². The lowest BCUT2D eigenvalue weighted by Crippen LogP contribution is -2.56. The van der Waals surface area contributed by atoms with E-state index >= 15 is 0 Å². The molecule has 4 amide bonds. The van der Waals surface area contributed by atoms with Crippen molar-refractivity contribution in [3.8, 4) is 17.1 Å². The molecule has 1 atom stereocenters. The summed E-state index contributed by atoms with van der Waals surface area (Å²) >= 11 is 0. The van der Waals surface area contributed by atoms with E-state index in [-0.39, 0.29) is 17.9 Å². The highest BCUT2D eigenvalue weighted by Crippen LogP contribution is 2.39. The Bertz CT molecular complexity index is 2840. The number of hydrogen-bond acceptors (Lipinski definition) is 9. The Morgan fingerprint density at radius 3 is 1.75 bits per heavy atom. The van der Waals surface area contributed by atoms with Gasteiger partial charge in [-0.15, -0.1) is 0 Å². The molecule has 370 valence electrons. The first kappa shape index (κ1) is 51.4. The highest BCUT2D eigenvalue weighted by Gasteiger charge is 2.38. The first-order valence-electron chi connectivity index (χ1n) is 24.3. The smallest absolute Gasteiger partial charge is 0.295 e. The van der Waals surface area contributed by atoms with Crippen LogP contribution in [0.25, 0.3) is 22.5 Å². The van der Waals surface area contributed by atoms with Crippen LogP contribution in [0.1, 0.15) is 104 Å². The standard InChI is InChI=1S/C27H24N2O4.C26H29N3O4.C5H12/c1-18-9-10-20(23-8-5-17-33-23)21-11-12-22(24(18)21)25(30)27(32)29-15-13-28(14-16-29)26(31)19-6-3-2-4-7-19;1-17-16-28(24(31)18-8-6-5-7-9-18)14-15-29(17)25(32)23(30)19-10-11-20-22(19)21(12-13-27-20)33-26(2,3)4;1-5(2,3)4/h2-10,12,17H,11,13-16H2,1H3;5-10,12-13,17H,11,14-16H2,1-4H3;1-4H3/t;17-;/m.1./s1. The summed E-state index contributed by atoms with van der Waals surface area (Å²) in [6.45, 7) is 20.9. The monoisotopic (exact) mass is 959 g/mol. The fraction of sp³-hybridized carbons (Fsp3) is 0.362. The van der Waals surface area contributed by atoms with Crippen molar-refractivity contribution in [2.24, 2.45) is 5.41 Å². The van der Waals surface area contributed by atoms with Gasteiger partial charge < -0.3 is 28.8 Å². The van der Waals surface area contributed by atoms with Crippen LogP contribution in [0.4, 0.5) is 0 Å². The van der Waals surface area contributed by atoms with Crippen LogP contribution < -0.4 is 4.74 Å². The van der Waals surface area contributed by atoms with Crippen molar-refractivity contribution in [1.29, 1.82) is 0 Å². The SMILES string of the molecule is CC(C)(C)C.C[C@@H]1CN(C(=O)c2ccccc2)CCN1C(=O)C(=O)C1=CCc2nccc(OC(C)(C)C)c21.Cc1ccc(-c2ccco2)c2c1C(C(=O)C(=O)N1CCN(C(=O)c3ccccc3)CC1)=CC2. The molecule has 4 aliphatic rings. The summed E-state index contributed by atoms with van der Waals surface area (Å²) in [5.74, 6) is -0.928. The van der Waals surface area contributed by atoms with Crippen LogP contribution >= 0.6 is 0 Å². The molecule has 2 aliphatic heterocycles. The number of hydrogen-bond donors (Lipinski definition) is 0. The minimum absolute atomic E-state index is 0.0532. The van der Waals surface area contributed by atoms with Gasteiger partial charge in [-0.1, -0.05) is 88.4 Å². The summed E-state index contributed by atoms with van der Waals surface area (Å²) in [7, 11) is 0. The Kier molecular flexibility index (Phi) is 15.7. The van der Waals surface area contributed by atoms with E-state index in [0.29, 0.717) is 97.7 Å². The van der Waals surface area contributed by atoms with Crippen LogP contribution in [0.5, 0.6) is 5.75 Å². The molecule has 0 radical (unpaired) electrons. The van der Waals surface area contributed by atoms with Crippen LogP contribution in [0, 0.1) is 12.3 Å². The van der Waals surface area contributed by atoms with E-state index in [0.717, 1.165) is 33.7 Å². The van der Waals surface area contributed by atoms with Gasteiger partial charge in [-0.05, 0) is 106 Å². The Morgan fingerprint density at radius 2 is 1.17 bits per heavy atom. The van der Waals surface area contributed by atoms with E-state index in [1.54, 1.807) is 68.5 Å². The molecule has 9 rings (SSSR count). The summed E-state index contributed by atoms with van der Waals surface area (Å²) in [5.41, 5.74) is 7.20. The molecule has 0 saturated carbocycles.